The maximum absolute atomic E-state index is 13.7. The number of benzene rings is 3. The molecule has 2 N–H and O–H groups in total. The van der Waals surface area contributed by atoms with Gasteiger partial charge >= 0.3 is 0 Å². The van der Waals surface area contributed by atoms with E-state index in [1.54, 1.807) is 36.4 Å². The second-order valence-corrected chi connectivity index (χ2v) is 9.19. The van der Waals surface area contributed by atoms with Gasteiger partial charge in [0, 0.05) is 15.5 Å². The van der Waals surface area contributed by atoms with Crippen LogP contribution in [0.15, 0.2) is 87.0 Å². The first-order valence-electron chi connectivity index (χ1n) is 10.6. The second kappa shape index (κ2) is 8.18. The van der Waals surface area contributed by atoms with Gasteiger partial charge in [-0.2, -0.15) is 0 Å². The van der Waals surface area contributed by atoms with Crippen LogP contribution in [0.25, 0.3) is 11.0 Å². The number of aryl methyl sites for hydroxylation is 1. The molecule has 1 unspecified atom stereocenters. The molecule has 1 atom stereocenters. The van der Waals surface area contributed by atoms with Crippen LogP contribution in [0.4, 0.5) is 5.69 Å². The molecule has 170 valence electrons. The second-order valence-electron chi connectivity index (χ2n) is 8.27. The highest BCUT2D eigenvalue weighted by atomic mass is 79.9. The summed E-state index contributed by atoms with van der Waals surface area (Å²) >= 11 is 3.41. The maximum atomic E-state index is 13.7. The fourth-order valence-electron chi connectivity index (χ4n) is 4.31. The molecular weight excluding hydrogens is 498 g/mol. The lowest BCUT2D eigenvalue weighted by molar-refractivity contribution is -0.117. The number of phenolic OH excluding ortho intramolecular Hbond substituents is 1. The smallest absolute Gasteiger partial charge is 0.294 e. The average Bonchev–Trinajstić information content (AvgIpc) is 3.35. The number of ketones is 1. The molecule has 0 saturated carbocycles. The summed E-state index contributed by atoms with van der Waals surface area (Å²) in [6, 6.07) is 17.8. The van der Waals surface area contributed by atoms with Crippen molar-refractivity contribution in [2.45, 2.75) is 19.9 Å². The van der Waals surface area contributed by atoms with Crippen molar-refractivity contribution in [2.75, 3.05) is 4.90 Å². The van der Waals surface area contributed by atoms with Crippen LogP contribution in [0.1, 0.15) is 33.3 Å². The standard InChI is InChI=1S/C27H20BrNO5/c1-14-4-3-5-20(15(14)2)29-24(16-6-9-19(30)10-7-16)23(26(32)27(29)33)25(31)22-13-17-12-18(28)8-11-21(17)34-22/h3-13,24,30,32H,1-2H3. The Morgan fingerprint density at radius 3 is 2.47 bits per heavy atom. The number of halogens is 1. The Balaban J connectivity index is 1.68. The Hall–Kier alpha value is -3.84. The van der Waals surface area contributed by atoms with Gasteiger partial charge in [-0.05, 0) is 73.0 Å². The number of aliphatic hydroxyl groups excluding tert-OH is 1. The van der Waals surface area contributed by atoms with Gasteiger partial charge in [0.2, 0.25) is 5.78 Å². The number of carbonyl (C=O) groups is 2. The summed E-state index contributed by atoms with van der Waals surface area (Å²) in [5, 5.41) is 21.5. The van der Waals surface area contributed by atoms with E-state index in [2.05, 4.69) is 15.9 Å². The molecule has 0 saturated heterocycles. The SMILES string of the molecule is Cc1cccc(N2C(=O)C(O)=C(C(=O)c3cc4cc(Br)ccc4o3)C2c2ccc(O)cc2)c1C. The number of anilines is 1. The number of hydrogen-bond acceptors (Lipinski definition) is 5. The molecule has 7 heteroatoms. The highest BCUT2D eigenvalue weighted by molar-refractivity contribution is 9.10. The lowest BCUT2D eigenvalue weighted by Gasteiger charge is -2.28. The minimum absolute atomic E-state index is 0.0223. The Morgan fingerprint density at radius 1 is 1.00 bits per heavy atom. The highest BCUT2D eigenvalue weighted by Gasteiger charge is 2.45. The zero-order chi connectivity index (χ0) is 24.1. The molecule has 4 aromatic rings. The zero-order valence-electron chi connectivity index (χ0n) is 18.4. The number of phenols is 1. The number of aromatic hydroxyl groups is 1. The summed E-state index contributed by atoms with van der Waals surface area (Å²) in [6.45, 7) is 3.82. The Labute approximate surface area is 203 Å². The van der Waals surface area contributed by atoms with Gasteiger partial charge in [-0.15, -0.1) is 0 Å². The van der Waals surface area contributed by atoms with Crippen molar-refractivity contribution in [1.29, 1.82) is 0 Å². The number of rotatable bonds is 4. The minimum atomic E-state index is -0.902. The van der Waals surface area contributed by atoms with Crippen molar-refractivity contribution in [2.24, 2.45) is 0 Å². The molecule has 5 rings (SSSR count). The van der Waals surface area contributed by atoms with Crippen LogP contribution in [0.5, 0.6) is 5.75 Å². The van der Waals surface area contributed by atoms with Crippen molar-refractivity contribution >= 4 is 44.3 Å². The van der Waals surface area contributed by atoms with E-state index >= 15 is 0 Å². The van der Waals surface area contributed by atoms with E-state index < -0.39 is 23.5 Å². The number of hydrogen-bond donors (Lipinski definition) is 2. The summed E-state index contributed by atoms with van der Waals surface area (Å²) in [5.74, 6) is -1.80. The first kappa shape index (κ1) is 22.0. The molecule has 0 bridgehead atoms. The van der Waals surface area contributed by atoms with Gasteiger partial charge in [0.15, 0.2) is 11.5 Å². The summed E-state index contributed by atoms with van der Waals surface area (Å²) in [4.78, 5) is 28.5. The molecule has 6 nitrogen and oxygen atoms in total. The fourth-order valence-corrected chi connectivity index (χ4v) is 4.69. The van der Waals surface area contributed by atoms with Crippen molar-refractivity contribution in [3.63, 3.8) is 0 Å². The molecule has 0 radical (unpaired) electrons. The van der Waals surface area contributed by atoms with Crippen LogP contribution in [-0.2, 0) is 4.79 Å². The third kappa shape index (κ3) is 3.49. The molecule has 0 spiro atoms. The number of amides is 1. The predicted molar refractivity (Wildman–Crippen MR) is 132 cm³/mol. The summed E-state index contributed by atoms with van der Waals surface area (Å²) < 4.78 is 6.62. The lowest BCUT2D eigenvalue weighted by atomic mass is 9.94. The number of carbonyl (C=O) groups excluding carboxylic acids is 2. The topological polar surface area (TPSA) is 91.0 Å². The van der Waals surface area contributed by atoms with Gasteiger partial charge in [0.25, 0.3) is 5.91 Å². The number of fused-ring (bicyclic) bond motifs is 1. The largest absolute Gasteiger partial charge is 0.508 e. The predicted octanol–water partition coefficient (Wildman–Crippen LogP) is 6.30. The van der Waals surface area contributed by atoms with E-state index in [1.165, 1.54) is 17.0 Å². The first-order valence-corrected chi connectivity index (χ1v) is 11.4. The Kier molecular flexibility index (Phi) is 5.29. The zero-order valence-corrected chi connectivity index (χ0v) is 20.0. The van der Waals surface area contributed by atoms with Crippen LogP contribution in [0.3, 0.4) is 0 Å². The molecule has 2 heterocycles. The molecule has 1 amide bonds. The maximum Gasteiger partial charge on any atom is 0.294 e. The third-order valence-electron chi connectivity index (χ3n) is 6.20. The molecular formula is C27H20BrNO5. The quantitative estimate of drug-likeness (QED) is 0.310. The van der Waals surface area contributed by atoms with Crippen LogP contribution in [0, 0.1) is 13.8 Å². The molecule has 1 aliphatic rings. The van der Waals surface area contributed by atoms with Crippen molar-refractivity contribution < 1.29 is 24.2 Å². The fraction of sp³-hybridized carbons (Fsp3) is 0.111. The van der Waals surface area contributed by atoms with Crippen molar-refractivity contribution in [3.8, 4) is 5.75 Å². The normalized spacial score (nSPS) is 16.0. The van der Waals surface area contributed by atoms with E-state index in [-0.39, 0.29) is 17.1 Å². The number of furan rings is 1. The number of aliphatic hydroxyl groups is 1. The molecule has 1 aromatic heterocycles. The highest BCUT2D eigenvalue weighted by Crippen LogP contribution is 2.44. The number of nitrogens with zero attached hydrogens (tertiary/aromatic N) is 1. The Morgan fingerprint density at radius 2 is 1.74 bits per heavy atom. The van der Waals surface area contributed by atoms with Crippen molar-refractivity contribution in [1.82, 2.24) is 0 Å². The number of Topliss-reactive ketones (excluding diaryl/α,β-unsaturated/α-hetero) is 1. The van der Waals surface area contributed by atoms with E-state index in [4.69, 9.17) is 4.42 Å². The summed E-state index contributed by atoms with van der Waals surface area (Å²) in [7, 11) is 0. The average molecular weight is 518 g/mol. The summed E-state index contributed by atoms with van der Waals surface area (Å²) in [6.07, 6.45) is 0. The van der Waals surface area contributed by atoms with Crippen LogP contribution in [-0.4, -0.2) is 21.9 Å². The van der Waals surface area contributed by atoms with Crippen LogP contribution >= 0.6 is 15.9 Å². The molecule has 3 aromatic carbocycles. The molecule has 1 aliphatic heterocycles. The van der Waals surface area contributed by atoms with Gasteiger partial charge in [0.05, 0.1) is 11.6 Å². The van der Waals surface area contributed by atoms with Crippen LogP contribution < -0.4 is 4.90 Å². The van der Waals surface area contributed by atoms with Gasteiger partial charge in [0.1, 0.15) is 11.3 Å². The van der Waals surface area contributed by atoms with Gasteiger partial charge < -0.3 is 14.6 Å². The van der Waals surface area contributed by atoms with E-state index in [9.17, 15) is 19.8 Å². The Bertz CT molecular complexity index is 1500. The van der Waals surface area contributed by atoms with Crippen LogP contribution in [0.2, 0.25) is 0 Å². The van der Waals surface area contributed by atoms with E-state index in [0.29, 0.717) is 16.8 Å². The van der Waals surface area contributed by atoms with E-state index in [0.717, 1.165) is 21.0 Å². The lowest BCUT2D eigenvalue weighted by Crippen LogP contribution is -2.31. The minimum Gasteiger partial charge on any atom is -0.508 e. The third-order valence-corrected chi connectivity index (χ3v) is 6.69. The molecule has 0 fully saturated rings. The summed E-state index contributed by atoms with van der Waals surface area (Å²) in [5.41, 5.74) is 3.43. The van der Waals surface area contributed by atoms with Crippen molar-refractivity contribution in [3.05, 3.63) is 105 Å². The van der Waals surface area contributed by atoms with E-state index in [1.807, 2.05) is 32.0 Å². The van der Waals surface area contributed by atoms with Gasteiger partial charge in [-0.1, -0.05) is 40.2 Å². The monoisotopic (exact) mass is 517 g/mol. The first-order chi connectivity index (χ1) is 16.3. The molecule has 34 heavy (non-hydrogen) atoms. The molecule has 0 aliphatic carbocycles. The van der Waals surface area contributed by atoms with Gasteiger partial charge in [-0.3, -0.25) is 14.5 Å². The van der Waals surface area contributed by atoms with Gasteiger partial charge in [-0.25, -0.2) is 0 Å².